The van der Waals surface area contributed by atoms with Crippen molar-refractivity contribution < 1.29 is 0 Å². The zero-order valence-electron chi connectivity index (χ0n) is 13.1. The van der Waals surface area contributed by atoms with Gasteiger partial charge in [-0.25, -0.2) is 0 Å². The lowest BCUT2D eigenvalue weighted by molar-refractivity contribution is 0.181. The van der Waals surface area contributed by atoms with Gasteiger partial charge in [-0.1, -0.05) is 33.8 Å². The Kier molecular flexibility index (Phi) is 17.3. The predicted octanol–water partition coefficient (Wildman–Crippen LogP) is 3.00. The molecule has 1 aliphatic rings. The molecule has 2 heterocycles. The largest absolute Gasteiger partial charge is 0.304 e. The van der Waals surface area contributed by atoms with E-state index in [4.69, 9.17) is 0 Å². The molecule has 0 atom stereocenters. The molecule has 1 aromatic heterocycles. The van der Waals surface area contributed by atoms with E-state index in [2.05, 4.69) is 28.9 Å². The Bertz CT molecular complexity index is 182. The molecule has 0 bridgehead atoms. The Labute approximate surface area is 114 Å². The van der Waals surface area contributed by atoms with E-state index in [1.807, 2.05) is 45.9 Å². The van der Waals surface area contributed by atoms with E-state index in [1.54, 1.807) is 12.4 Å². The highest BCUT2D eigenvalue weighted by atomic mass is 15.2. The van der Waals surface area contributed by atoms with Crippen molar-refractivity contribution in [2.75, 3.05) is 40.3 Å². The maximum atomic E-state index is 3.78. The van der Waals surface area contributed by atoms with E-state index in [0.29, 0.717) is 0 Å². The van der Waals surface area contributed by atoms with Crippen molar-refractivity contribution in [3.63, 3.8) is 0 Å². The molecule has 3 nitrogen and oxygen atoms in total. The summed E-state index contributed by atoms with van der Waals surface area (Å²) in [7, 11) is 4.35. The van der Waals surface area contributed by atoms with Gasteiger partial charge in [-0.2, -0.15) is 0 Å². The molecule has 1 aromatic rings. The monoisotopic (exact) mass is 253 g/mol. The van der Waals surface area contributed by atoms with Gasteiger partial charge in [-0.15, -0.1) is 0 Å². The third kappa shape index (κ3) is 13.1. The standard InChI is InChI=1S/C6H14N2.C5H5N.2C2H6/c1-7-3-5-8(2)6-4-7;1-2-4-6-5-3-1;2*1-2/h3-6H2,1-2H3;1-5H;2*1-2H3. The number of hydrogen-bond donors (Lipinski definition) is 0. The Morgan fingerprint density at radius 1 is 0.667 bits per heavy atom. The molecule has 3 heteroatoms. The summed E-state index contributed by atoms with van der Waals surface area (Å²) in [4.78, 5) is 8.51. The van der Waals surface area contributed by atoms with Crippen LogP contribution in [0.5, 0.6) is 0 Å². The Balaban J connectivity index is 0. The minimum atomic E-state index is 1.23. The van der Waals surface area contributed by atoms with Crippen LogP contribution in [0.2, 0.25) is 0 Å². The number of hydrogen-bond acceptors (Lipinski definition) is 3. The molecule has 106 valence electrons. The van der Waals surface area contributed by atoms with Crippen LogP contribution in [0.25, 0.3) is 0 Å². The van der Waals surface area contributed by atoms with Crippen molar-refractivity contribution in [2.24, 2.45) is 0 Å². The Hall–Kier alpha value is -0.930. The summed E-state index contributed by atoms with van der Waals surface area (Å²) in [6.45, 7) is 12.9. The third-order valence-corrected chi connectivity index (χ3v) is 2.29. The molecular weight excluding hydrogens is 222 g/mol. The van der Waals surface area contributed by atoms with Gasteiger partial charge in [0.25, 0.3) is 0 Å². The van der Waals surface area contributed by atoms with Crippen LogP contribution in [-0.4, -0.2) is 55.1 Å². The third-order valence-electron chi connectivity index (χ3n) is 2.29. The Morgan fingerprint density at radius 2 is 1.00 bits per heavy atom. The van der Waals surface area contributed by atoms with Gasteiger partial charge >= 0.3 is 0 Å². The summed E-state index contributed by atoms with van der Waals surface area (Å²) in [5.74, 6) is 0. The molecule has 1 fully saturated rings. The molecular formula is C15H31N3. The van der Waals surface area contributed by atoms with Gasteiger partial charge in [0, 0.05) is 38.6 Å². The zero-order chi connectivity index (χ0) is 14.2. The SMILES string of the molecule is CC.CC.CN1CCN(C)CC1.c1ccncc1. The van der Waals surface area contributed by atoms with Crippen LogP contribution in [0, 0.1) is 0 Å². The van der Waals surface area contributed by atoms with Gasteiger partial charge in [0.05, 0.1) is 0 Å². The van der Waals surface area contributed by atoms with Gasteiger partial charge in [0.1, 0.15) is 0 Å². The van der Waals surface area contributed by atoms with E-state index in [0.717, 1.165) is 0 Å². The Morgan fingerprint density at radius 3 is 1.17 bits per heavy atom. The molecule has 1 aliphatic heterocycles. The fraction of sp³-hybridized carbons (Fsp3) is 0.667. The van der Waals surface area contributed by atoms with E-state index in [9.17, 15) is 0 Å². The molecule has 2 rings (SSSR count). The summed E-state index contributed by atoms with van der Waals surface area (Å²) >= 11 is 0. The fourth-order valence-electron chi connectivity index (χ4n) is 1.22. The molecule has 0 saturated carbocycles. The first-order valence-electron chi connectivity index (χ1n) is 7.01. The minimum Gasteiger partial charge on any atom is -0.304 e. The van der Waals surface area contributed by atoms with Crippen LogP contribution in [-0.2, 0) is 0 Å². The summed E-state index contributed by atoms with van der Waals surface area (Å²) in [6, 6.07) is 5.72. The average molecular weight is 253 g/mol. The van der Waals surface area contributed by atoms with Crippen molar-refractivity contribution in [3.05, 3.63) is 30.6 Å². The number of aromatic nitrogens is 1. The number of rotatable bonds is 0. The van der Waals surface area contributed by atoms with Crippen molar-refractivity contribution in [2.45, 2.75) is 27.7 Å². The summed E-state index contributed by atoms with van der Waals surface area (Å²) in [5.41, 5.74) is 0. The van der Waals surface area contributed by atoms with Crippen LogP contribution < -0.4 is 0 Å². The summed E-state index contributed by atoms with van der Waals surface area (Å²) < 4.78 is 0. The zero-order valence-corrected chi connectivity index (χ0v) is 13.1. The van der Waals surface area contributed by atoms with Crippen molar-refractivity contribution >= 4 is 0 Å². The first kappa shape index (κ1) is 19.4. The quantitative estimate of drug-likeness (QED) is 0.708. The first-order chi connectivity index (χ1) is 8.79. The first-order valence-corrected chi connectivity index (χ1v) is 7.01. The molecule has 0 aromatic carbocycles. The molecule has 0 radical (unpaired) electrons. The van der Waals surface area contributed by atoms with Crippen molar-refractivity contribution in [1.82, 2.24) is 14.8 Å². The van der Waals surface area contributed by atoms with Gasteiger partial charge in [0.2, 0.25) is 0 Å². The molecule has 0 spiro atoms. The van der Waals surface area contributed by atoms with Gasteiger partial charge in [-0.05, 0) is 26.2 Å². The molecule has 0 unspecified atom stereocenters. The highest BCUT2D eigenvalue weighted by Crippen LogP contribution is 1.93. The molecule has 0 amide bonds. The highest BCUT2D eigenvalue weighted by molar-refractivity contribution is 4.88. The van der Waals surface area contributed by atoms with E-state index < -0.39 is 0 Å². The number of nitrogens with zero attached hydrogens (tertiary/aromatic N) is 3. The lowest BCUT2D eigenvalue weighted by atomic mass is 10.4. The van der Waals surface area contributed by atoms with Gasteiger partial charge < -0.3 is 9.80 Å². The maximum Gasteiger partial charge on any atom is 0.0267 e. The maximum absolute atomic E-state index is 3.78. The highest BCUT2D eigenvalue weighted by Gasteiger charge is 2.07. The van der Waals surface area contributed by atoms with E-state index in [-0.39, 0.29) is 0 Å². The van der Waals surface area contributed by atoms with Gasteiger partial charge in [-0.3, -0.25) is 4.98 Å². The van der Waals surface area contributed by atoms with Crippen LogP contribution in [0.15, 0.2) is 30.6 Å². The molecule has 18 heavy (non-hydrogen) atoms. The smallest absolute Gasteiger partial charge is 0.0267 e. The normalized spacial score (nSPS) is 15.0. The van der Waals surface area contributed by atoms with E-state index >= 15 is 0 Å². The fourth-order valence-corrected chi connectivity index (χ4v) is 1.22. The van der Waals surface area contributed by atoms with Crippen LogP contribution >= 0.6 is 0 Å². The molecule has 1 saturated heterocycles. The van der Waals surface area contributed by atoms with Crippen molar-refractivity contribution in [3.8, 4) is 0 Å². The lowest BCUT2D eigenvalue weighted by Crippen LogP contribution is -2.42. The minimum absolute atomic E-state index is 1.23. The predicted molar refractivity (Wildman–Crippen MR) is 81.9 cm³/mol. The number of piperazine rings is 1. The summed E-state index contributed by atoms with van der Waals surface area (Å²) in [5, 5.41) is 0. The average Bonchev–Trinajstić information content (AvgIpc) is 2.49. The topological polar surface area (TPSA) is 19.4 Å². The second kappa shape index (κ2) is 16.1. The lowest BCUT2D eigenvalue weighted by Gasteiger charge is -2.28. The van der Waals surface area contributed by atoms with Crippen LogP contribution in [0.3, 0.4) is 0 Å². The van der Waals surface area contributed by atoms with E-state index in [1.165, 1.54) is 26.2 Å². The van der Waals surface area contributed by atoms with Crippen LogP contribution in [0.1, 0.15) is 27.7 Å². The second-order valence-electron chi connectivity index (χ2n) is 3.63. The second-order valence-corrected chi connectivity index (χ2v) is 3.63. The summed E-state index contributed by atoms with van der Waals surface area (Å²) in [6.07, 6.45) is 3.50. The molecule has 0 aliphatic carbocycles. The number of likely N-dealkylation sites (N-methyl/N-ethyl adjacent to an activating group) is 2. The molecule has 0 N–H and O–H groups in total. The van der Waals surface area contributed by atoms with Crippen LogP contribution in [0.4, 0.5) is 0 Å². The van der Waals surface area contributed by atoms with Gasteiger partial charge in [0.15, 0.2) is 0 Å². The van der Waals surface area contributed by atoms with Crippen molar-refractivity contribution in [1.29, 1.82) is 0 Å². The number of pyridine rings is 1.